The number of esters is 4. The number of benzene rings is 1. The number of nitrogens with two attached hydrogens (primary N) is 1. The number of carbonyl (C=O) groups excluding carboxylic acids is 5. The number of rotatable bonds is 7. The minimum Gasteiger partial charge on any atom is -0.463 e. The van der Waals surface area contributed by atoms with E-state index in [0.717, 1.165) is 27.7 Å². The summed E-state index contributed by atoms with van der Waals surface area (Å²) in [5.41, 5.74) is 6.13. The van der Waals surface area contributed by atoms with Gasteiger partial charge in [0.15, 0.2) is 12.2 Å². The molecule has 180 valence electrons. The van der Waals surface area contributed by atoms with E-state index in [1.165, 1.54) is 12.1 Å². The van der Waals surface area contributed by atoms with Crippen LogP contribution in [-0.2, 0) is 42.9 Å². The van der Waals surface area contributed by atoms with E-state index in [9.17, 15) is 24.0 Å². The van der Waals surface area contributed by atoms with E-state index in [4.69, 9.17) is 29.4 Å². The summed E-state index contributed by atoms with van der Waals surface area (Å²) in [7, 11) is 0. The normalized spacial score (nSPS) is 24.2. The second-order valence-corrected chi connectivity index (χ2v) is 7.19. The topological polar surface area (TPSA) is 170 Å². The molecule has 12 nitrogen and oxygen atoms in total. The van der Waals surface area contributed by atoms with Crippen LogP contribution in [-0.4, -0.2) is 67.0 Å². The van der Waals surface area contributed by atoms with Gasteiger partial charge < -0.3 is 34.7 Å². The summed E-state index contributed by atoms with van der Waals surface area (Å²) < 4.78 is 26.5. The number of para-hydroxylation sites is 1. The fourth-order valence-corrected chi connectivity index (χ4v) is 3.25. The molecule has 12 heteroatoms. The average molecular weight is 466 g/mol. The molecule has 2 unspecified atom stereocenters. The first-order chi connectivity index (χ1) is 15.5. The second-order valence-electron chi connectivity index (χ2n) is 7.19. The number of nitrogens with one attached hydrogen (secondary N) is 1. The minimum atomic E-state index is -1.48. The number of anilines is 1. The van der Waals surface area contributed by atoms with Gasteiger partial charge in [0.05, 0.1) is 5.56 Å². The van der Waals surface area contributed by atoms with Crippen LogP contribution in [0.3, 0.4) is 0 Å². The quantitative estimate of drug-likeness (QED) is 0.317. The summed E-state index contributed by atoms with van der Waals surface area (Å²) in [5, 5.41) is 2.58. The molecule has 0 aliphatic carbocycles. The molecule has 1 aromatic carbocycles. The molecule has 1 amide bonds. The van der Waals surface area contributed by atoms with Gasteiger partial charge in [-0.3, -0.25) is 24.0 Å². The maximum absolute atomic E-state index is 12.9. The maximum Gasteiger partial charge on any atom is 0.305 e. The van der Waals surface area contributed by atoms with Crippen LogP contribution in [0.15, 0.2) is 24.3 Å². The first-order valence-corrected chi connectivity index (χ1v) is 9.95. The van der Waals surface area contributed by atoms with E-state index in [-0.39, 0.29) is 11.3 Å². The number of carbonyl (C=O) groups is 5. The van der Waals surface area contributed by atoms with Crippen molar-refractivity contribution in [3.05, 3.63) is 29.8 Å². The Kier molecular flexibility index (Phi) is 8.74. The largest absolute Gasteiger partial charge is 0.463 e. The van der Waals surface area contributed by atoms with Crippen LogP contribution >= 0.6 is 0 Å². The van der Waals surface area contributed by atoms with Crippen molar-refractivity contribution in [2.45, 2.75) is 58.3 Å². The third-order valence-electron chi connectivity index (χ3n) is 4.49. The Bertz CT molecular complexity index is 918. The number of amides is 1. The van der Waals surface area contributed by atoms with E-state index in [1.54, 1.807) is 12.1 Å². The lowest BCUT2D eigenvalue weighted by Gasteiger charge is -2.44. The van der Waals surface area contributed by atoms with Crippen LogP contribution in [0, 0.1) is 0 Å². The zero-order chi connectivity index (χ0) is 24.7. The van der Waals surface area contributed by atoms with Crippen molar-refractivity contribution in [3.63, 3.8) is 0 Å². The lowest BCUT2D eigenvalue weighted by molar-refractivity contribution is -0.270. The Morgan fingerprint density at radius 1 is 0.879 bits per heavy atom. The highest BCUT2D eigenvalue weighted by atomic mass is 16.7. The monoisotopic (exact) mass is 466 g/mol. The predicted octanol–water partition coefficient (Wildman–Crippen LogP) is 0.0817. The standard InChI is InChI=1S/C21H26N2O10/c1-10(24)29-9-16-18(30-11(2)25)19(31-12(3)26)17(21(33-16)32-13(4)27)23-20(28)14-7-5-6-8-15(14)22/h5-8,16-19,21H,9,22H2,1-4H3,(H,23,28)/t16?,17-,18+,19+,21?/m0/s1. The van der Waals surface area contributed by atoms with Gasteiger partial charge in [0.2, 0.25) is 6.29 Å². The second kappa shape index (κ2) is 11.3. The maximum atomic E-state index is 12.9. The van der Waals surface area contributed by atoms with Gasteiger partial charge in [0, 0.05) is 33.4 Å². The summed E-state index contributed by atoms with van der Waals surface area (Å²) in [6.07, 6.45) is -5.33. The molecule has 0 saturated carbocycles. The van der Waals surface area contributed by atoms with Gasteiger partial charge >= 0.3 is 23.9 Å². The fourth-order valence-electron chi connectivity index (χ4n) is 3.25. The molecule has 1 fully saturated rings. The van der Waals surface area contributed by atoms with Crippen LogP contribution in [0.4, 0.5) is 5.69 Å². The van der Waals surface area contributed by atoms with Crippen molar-refractivity contribution in [3.8, 4) is 0 Å². The molecule has 2 rings (SSSR count). The lowest BCUT2D eigenvalue weighted by Crippen LogP contribution is -2.67. The first-order valence-electron chi connectivity index (χ1n) is 9.95. The molecule has 0 aromatic heterocycles. The third-order valence-corrected chi connectivity index (χ3v) is 4.49. The number of ether oxygens (including phenoxy) is 5. The summed E-state index contributed by atoms with van der Waals surface area (Å²) >= 11 is 0. The van der Waals surface area contributed by atoms with Crippen molar-refractivity contribution in [2.75, 3.05) is 12.3 Å². The van der Waals surface area contributed by atoms with E-state index in [2.05, 4.69) is 5.32 Å². The molecule has 1 aliphatic heterocycles. The van der Waals surface area contributed by atoms with Crippen LogP contribution < -0.4 is 11.1 Å². The molecule has 5 atom stereocenters. The number of hydrogen-bond acceptors (Lipinski definition) is 11. The molecular weight excluding hydrogens is 440 g/mol. The van der Waals surface area contributed by atoms with Gasteiger partial charge in [0.25, 0.3) is 5.91 Å². The summed E-state index contributed by atoms with van der Waals surface area (Å²) in [4.78, 5) is 59.6. The molecule has 0 radical (unpaired) electrons. The van der Waals surface area contributed by atoms with Crippen LogP contribution in [0.2, 0.25) is 0 Å². The van der Waals surface area contributed by atoms with Crippen molar-refractivity contribution >= 4 is 35.5 Å². The SMILES string of the molecule is CC(=O)OCC1OC(OC(C)=O)[C@@H](NC(=O)c2ccccc2N)[C@@H](OC(C)=O)[C@@H]1OC(C)=O. The van der Waals surface area contributed by atoms with Crippen molar-refractivity contribution in [1.82, 2.24) is 5.32 Å². The molecular formula is C21H26N2O10. The van der Waals surface area contributed by atoms with Gasteiger partial charge in [0.1, 0.15) is 18.8 Å². The summed E-state index contributed by atoms with van der Waals surface area (Å²) in [5.74, 6) is -3.63. The Morgan fingerprint density at radius 3 is 2.00 bits per heavy atom. The van der Waals surface area contributed by atoms with E-state index >= 15 is 0 Å². The zero-order valence-electron chi connectivity index (χ0n) is 18.6. The molecule has 1 aromatic rings. The molecule has 3 N–H and O–H groups in total. The van der Waals surface area contributed by atoms with E-state index in [0.29, 0.717) is 0 Å². The number of hydrogen-bond donors (Lipinski definition) is 2. The third kappa shape index (κ3) is 7.17. The Hall–Kier alpha value is -3.67. The Labute approximate surface area is 189 Å². The van der Waals surface area contributed by atoms with Gasteiger partial charge in [-0.15, -0.1) is 0 Å². The Morgan fingerprint density at radius 2 is 1.45 bits per heavy atom. The highest BCUT2D eigenvalue weighted by Crippen LogP contribution is 2.28. The lowest BCUT2D eigenvalue weighted by atomic mass is 9.95. The average Bonchev–Trinajstić information content (AvgIpc) is 2.70. The van der Waals surface area contributed by atoms with Crippen LogP contribution in [0.1, 0.15) is 38.1 Å². The Balaban J connectivity index is 2.47. The van der Waals surface area contributed by atoms with Gasteiger partial charge in [-0.05, 0) is 12.1 Å². The molecule has 0 bridgehead atoms. The van der Waals surface area contributed by atoms with E-state index < -0.39 is 67.0 Å². The molecule has 1 aliphatic rings. The van der Waals surface area contributed by atoms with Crippen LogP contribution in [0.5, 0.6) is 0 Å². The highest BCUT2D eigenvalue weighted by Gasteiger charge is 2.52. The number of nitrogen functional groups attached to an aromatic ring is 1. The zero-order valence-corrected chi connectivity index (χ0v) is 18.6. The van der Waals surface area contributed by atoms with Gasteiger partial charge in [-0.2, -0.15) is 0 Å². The van der Waals surface area contributed by atoms with Crippen LogP contribution in [0.25, 0.3) is 0 Å². The summed E-state index contributed by atoms with van der Waals surface area (Å²) in [6.45, 7) is 4.08. The van der Waals surface area contributed by atoms with Crippen molar-refractivity contribution in [1.29, 1.82) is 0 Å². The predicted molar refractivity (Wildman–Crippen MR) is 110 cm³/mol. The minimum absolute atomic E-state index is 0.103. The fraction of sp³-hybridized carbons (Fsp3) is 0.476. The van der Waals surface area contributed by atoms with Crippen molar-refractivity contribution in [2.24, 2.45) is 0 Å². The van der Waals surface area contributed by atoms with Crippen molar-refractivity contribution < 1.29 is 47.7 Å². The molecule has 33 heavy (non-hydrogen) atoms. The van der Waals surface area contributed by atoms with Gasteiger partial charge in [-0.1, -0.05) is 12.1 Å². The smallest absolute Gasteiger partial charge is 0.305 e. The molecule has 0 spiro atoms. The molecule has 1 saturated heterocycles. The molecule has 1 heterocycles. The highest BCUT2D eigenvalue weighted by molar-refractivity contribution is 5.99. The van der Waals surface area contributed by atoms with Gasteiger partial charge in [-0.25, -0.2) is 0 Å². The summed E-state index contributed by atoms with van der Waals surface area (Å²) in [6, 6.07) is 4.89. The first kappa shape index (κ1) is 25.6. The van der Waals surface area contributed by atoms with E-state index in [1.807, 2.05) is 0 Å².